The molecule has 120 valence electrons. The highest BCUT2D eigenvalue weighted by Crippen LogP contribution is 2.53. The van der Waals surface area contributed by atoms with Gasteiger partial charge in [0.1, 0.15) is 5.78 Å². The lowest BCUT2D eigenvalue weighted by Gasteiger charge is -2.27. The van der Waals surface area contributed by atoms with E-state index in [2.05, 4.69) is 0 Å². The molecule has 1 rings (SSSR count). The van der Waals surface area contributed by atoms with E-state index in [9.17, 15) is 4.57 Å². The highest BCUT2D eigenvalue weighted by atomic mass is 31.2. The van der Waals surface area contributed by atoms with Crippen molar-refractivity contribution < 1.29 is 18.3 Å². The van der Waals surface area contributed by atoms with Gasteiger partial charge in [-0.1, -0.05) is 30.3 Å². The molecule has 1 atom stereocenters. The molecule has 0 bridgehead atoms. The Morgan fingerprint density at radius 1 is 1.05 bits per heavy atom. The zero-order valence-corrected chi connectivity index (χ0v) is 14.1. The van der Waals surface area contributed by atoms with Crippen LogP contribution < -0.4 is 5.73 Å². The summed E-state index contributed by atoms with van der Waals surface area (Å²) in [5.74, 6) is -0.800. The Morgan fingerprint density at radius 3 is 2.05 bits per heavy atom. The molecule has 0 unspecified atom stereocenters. The van der Waals surface area contributed by atoms with Crippen molar-refractivity contribution >= 4 is 7.60 Å². The average molecular weight is 315 g/mol. The molecule has 5 nitrogen and oxygen atoms in total. The summed E-state index contributed by atoms with van der Waals surface area (Å²) >= 11 is 0. The molecule has 0 heterocycles. The molecule has 0 aromatic heterocycles. The molecule has 1 aromatic carbocycles. The van der Waals surface area contributed by atoms with Gasteiger partial charge in [0.05, 0.1) is 25.4 Å². The van der Waals surface area contributed by atoms with Crippen LogP contribution >= 0.6 is 7.60 Å². The molecule has 0 amide bonds. The minimum Gasteiger partial charge on any atom is -0.374 e. The van der Waals surface area contributed by atoms with E-state index in [1.54, 1.807) is 27.7 Å². The van der Waals surface area contributed by atoms with Crippen LogP contribution in [0.25, 0.3) is 0 Å². The molecular weight excluding hydrogens is 289 g/mol. The van der Waals surface area contributed by atoms with Crippen molar-refractivity contribution in [1.82, 2.24) is 0 Å². The van der Waals surface area contributed by atoms with E-state index in [0.717, 1.165) is 5.56 Å². The Morgan fingerprint density at radius 2 is 1.57 bits per heavy atom. The molecule has 0 aliphatic carbocycles. The molecule has 0 fully saturated rings. The van der Waals surface area contributed by atoms with Gasteiger partial charge in [-0.2, -0.15) is 0 Å². The summed E-state index contributed by atoms with van der Waals surface area (Å²) in [6.45, 7) is 7.73. The van der Waals surface area contributed by atoms with Gasteiger partial charge in [0.25, 0.3) is 0 Å². The second kappa shape index (κ2) is 8.66. The normalized spacial score (nSPS) is 13.9. The predicted molar refractivity (Wildman–Crippen MR) is 84.1 cm³/mol. The average Bonchev–Trinajstić information content (AvgIpc) is 2.37. The van der Waals surface area contributed by atoms with E-state index in [1.165, 1.54) is 0 Å². The highest BCUT2D eigenvalue weighted by molar-refractivity contribution is 7.54. The maximum absolute atomic E-state index is 12.7. The van der Waals surface area contributed by atoms with Crippen LogP contribution in [0.4, 0.5) is 0 Å². The minimum atomic E-state index is -3.39. The maximum Gasteiger partial charge on any atom is 0.350 e. The smallest absolute Gasteiger partial charge is 0.350 e. The zero-order valence-electron chi connectivity index (χ0n) is 13.2. The van der Waals surface area contributed by atoms with Gasteiger partial charge >= 0.3 is 7.60 Å². The molecular formula is C15H26NO4P. The van der Waals surface area contributed by atoms with Gasteiger partial charge in [-0.05, 0) is 33.3 Å². The second-order valence-electron chi connectivity index (χ2n) is 5.42. The van der Waals surface area contributed by atoms with Crippen molar-refractivity contribution in [2.45, 2.75) is 52.3 Å². The fourth-order valence-corrected chi connectivity index (χ4v) is 3.56. The summed E-state index contributed by atoms with van der Waals surface area (Å²) in [4.78, 5) is 0. The standard InChI is InChI=1S/C15H26NO4P/c1-12(2)19-21(17,20-13(3)4)15(16)11-18-10-14-8-6-5-7-9-14/h5-9,12-13,15H,10-11,16H2,1-4H3/t15-/m0/s1. The Balaban J connectivity index is 2.56. The van der Waals surface area contributed by atoms with Gasteiger partial charge in [0.15, 0.2) is 0 Å². The lowest BCUT2D eigenvalue weighted by molar-refractivity contribution is 0.0951. The van der Waals surface area contributed by atoms with E-state index >= 15 is 0 Å². The topological polar surface area (TPSA) is 70.8 Å². The first-order chi connectivity index (χ1) is 9.83. The molecule has 0 saturated carbocycles. The van der Waals surface area contributed by atoms with Gasteiger partial charge < -0.3 is 19.5 Å². The number of nitrogens with two attached hydrogens (primary N) is 1. The largest absolute Gasteiger partial charge is 0.374 e. The van der Waals surface area contributed by atoms with Crippen LogP contribution in [-0.2, 0) is 25.0 Å². The number of benzene rings is 1. The first-order valence-corrected chi connectivity index (χ1v) is 8.78. The monoisotopic (exact) mass is 315 g/mol. The lowest BCUT2D eigenvalue weighted by Crippen LogP contribution is -2.30. The highest BCUT2D eigenvalue weighted by Gasteiger charge is 2.35. The van der Waals surface area contributed by atoms with E-state index in [4.69, 9.17) is 19.5 Å². The summed E-state index contributed by atoms with van der Waals surface area (Å²) in [5.41, 5.74) is 7.01. The third-order valence-electron chi connectivity index (χ3n) is 2.52. The first kappa shape index (κ1) is 18.3. The fourth-order valence-electron chi connectivity index (χ4n) is 1.73. The summed E-state index contributed by atoms with van der Waals surface area (Å²) in [7, 11) is -3.39. The summed E-state index contributed by atoms with van der Waals surface area (Å²) < 4.78 is 29.1. The second-order valence-corrected chi connectivity index (χ2v) is 7.58. The van der Waals surface area contributed by atoms with Gasteiger partial charge in [-0.15, -0.1) is 0 Å². The first-order valence-electron chi connectivity index (χ1n) is 7.17. The van der Waals surface area contributed by atoms with Crippen LogP contribution in [0.2, 0.25) is 0 Å². The van der Waals surface area contributed by atoms with E-state index in [0.29, 0.717) is 6.61 Å². The predicted octanol–water partition coefficient (Wildman–Crippen LogP) is 3.53. The van der Waals surface area contributed by atoms with Crippen molar-refractivity contribution in [3.8, 4) is 0 Å². The molecule has 0 aliphatic heterocycles. The fraction of sp³-hybridized carbons (Fsp3) is 0.600. The Bertz CT molecular complexity index is 436. The van der Waals surface area contributed by atoms with Crippen LogP contribution in [0.3, 0.4) is 0 Å². The Hall–Kier alpha value is -0.710. The molecule has 0 radical (unpaired) electrons. The quantitative estimate of drug-likeness (QED) is 0.706. The minimum absolute atomic E-state index is 0.117. The van der Waals surface area contributed by atoms with Crippen molar-refractivity contribution in [1.29, 1.82) is 0 Å². The van der Waals surface area contributed by atoms with Crippen molar-refractivity contribution in [3.63, 3.8) is 0 Å². The van der Waals surface area contributed by atoms with E-state index < -0.39 is 13.4 Å². The number of hydrogen-bond donors (Lipinski definition) is 1. The summed E-state index contributed by atoms with van der Waals surface area (Å²) in [6, 6.07) is 9.73. The van der Waals surface area contributed by atoms with Crippen LogP contribution in [0, 0.1) is 0 Å². The maximum atomic E-state index is 12.7. The lowest BCUT2D eigenvalue weighted by atomic mass is 10.2. The number of ether oxygens (including phenoxy) is 1. The molecule has 0 spiro atoms. The summed E-state index contributed by atoms with van der Waals surface area (Å²) in [5, 5.41) is 0. The molecule has 6 heteroatoms. The van der Waals surface area contributed by atoms with E-state index in [-0.39, 0.29) is 18.8 Å². The molecule has 1 aromatic rings. The van der Waals surface area contributed by atoms with Crippen LogP contribution in [0.1, 0.15) is 33.3 Å². The molecule has 2 N–H and O–H groups in total. The zero-order chi connectivity index (χ0) is 15.9. The molecule has 21 heavy (non-hydrogen) atoms. The number of rotatable bonds is 9. The van der Waals surface area contributed by atoms with E-state index in [1.807, 2.05) is 30.3 Å². The van der Waals surface area contributed by atoms with Crippen molar-refractivity contribution in [2.24, 2.45) is 5.73 Å². The van der Waals surface area contributed by atoms with Gasteiger partial charge in [-0.3, -0.25) is 4.57 Å². The molecule has 0 aliphatic rings. The van der Waals surface area contributed by atoms with Gasteiger partial charge in [0.2, 0.25) is 0 Å². The van der Waals surface area contributed by atoms with Crippen LogP contribution in [0.15, 0.2) is 30.3 Å². The van der Waals surface area contributed by atoms with Crippen LogP contribution in [-0.4, -0.2) is 24.6 Å². The SMILES string of the molecule is CC(C)OP(=O)(OC(C)C)[C@H](N)COCc1ccccc1. The third kappa shape index (κ3) is 6.72. The Labute approximate surface area is 127 Å². The van der Waals surface area contributed by atoms with Crippen molar-refractivity contribution in [2.75, 3.05) is 6.61 Å². The molecule has 0 saturated heterocycles. The third-order valence-corrected chi connectivity index (χ3v) is 4.91. The van der Waals surface area contributed by atoms with Crippen LogP contribution in [0.5, 0.6) is 0 Å². The van der Waals surface area contributed by atoms with Gasteiger partial charge in [-0.25, -0.2) is 0 Å². The summed E-state index contributed by atoms with van der Waals surface area (Å²) in [6.07, 6.45) is -0.454. The van der Waals surface area contributed by atoms with Gasteiger partial charge in [0, 0.05) is 0 Å². The van der Waals surface area contributed by atoms with Crippen molar-refractivity contribution in [3.05, 3.63) is 35.9 Å². The Kier molecular flexibility index (Phi) is 7.57. The number of hydrogen-bond acceptors (Lipinski definition) is 5.